The fourth-order valence-electron chi connectivity index (χ4n) is 0.899. The maximum Gasteiger partial charge on any atom is 0.214 e. The third-order valence-corrected chi connectivity index (χ3v) is 3.81. The molecule has 0 atom stereocenters. The molecule has 0 amide bonds. The Labute approximate surface area is 84.0 Å². The Morgan fingerprint density at radius 1 is 1.57 bits per heavy atom. The number of hydrogen-bond acceptors (Lipinski definition) is 3. The van der Waals surface area contributed by atoms with Gasteiger partial charge in [0.05, 0.1) is 11.4 Å². The van der Waals surface area contributed by atoms with E-state index in [1.807, 2.05) is 6.92 Å². The van der Waals surface area contributed by atoms with Crippen LogP contribution in [0.3, 0.4) is 0 Å². The predicted octanol–water partition coefficient (Wildman–Crippen LogP) is 0.546. The Morgan fingerprint density at radius 3 is 2.64 bits per heavy atom. The highest BCUT2D eigenvalue weighted by molar-refractivity contribution is 7.90. The monoisotopic (exact) mass is 217 g/mol. The molecule has 1 aromatic rings. The average Bonchev–Trinajstić information content (AvgIpc) is 2.47. The van der Waals surface area contributed by atoms with Gasteiger partial charge in [-0.3, -0.25) is 5.10 Å². The van der Waals surface area contributed by atoms with Crippen molar-refractivity contribution >= 4 is 10.0 Å². The summed E-state index contributed by atoms with van der Waals surface area (Å²) in [5, 5.41) is 6.15. The van der Waals surface area contributed by atoms with Crippen molar-refractivity contribution in [1.29, 1.82) is 0 Å². The molecule has 6 heteroatoms. The molecule has 0 radical (unpaired) electrons. The molecular formula is C8H15N3O2S. The lowest BCUT2D eigenvalue weighted by Gasteiger charge is -2.08. The van der Waals surface area contributed by atoms with Crippen molar-refractivity contribution in [3.63, 3.8) is 0 Å². The summed E-state index contributed by atoms with van der Waals surface area (Å²) < 4.78 is 25.3. The lowest BCUT2D eigenvalue weighted by Crippen LogP contribution is -2.30. The third-order valence-electron chi connectivity index (χ3n) is 2.02. The van der Waals surface area contributed by atoms with Crippen LogP contribution in [0.1, 0.15) is 25.1 Å². The maximum absolute atomic E-state index is 11.4. The molecule has 0 fully saturated rings. The Balaban J connectivity index is 2.62. The van der Waals surface area contributed by atoms with Crippen LogP contribution in [0.2, 0.25) is 0 Å². The van der Waals surface area contributed by atoms with Crippen LogP contribution in [-0.2, 0) is 16.6 Å². The molecule has 0 aliphatic carbocycles. The minimum absolute atomic E-state index is 0.294. The summed E-state index contributed by atoms with van der Waals surface area (Å²) in [6, 6.07) is 0. The second-order valence-electron chi connectivity index (χ2n) is 3.44. The van der Waals surface area contributed by atoms with E-state index in [1.54, 1.807) is 20.0 Å². The van der Waals surface area contributed by atoms with E-state index in [0.29, 0.717) is 6.54 Å². The Bertz CT molecular complexity index is 394. The SMILES string of the molecule is Cc1[nH]ncc1CNS(=O)(=O)C(C)C. The Kier molecular flexibility index (Phi) is 3.28. The molecule has 80 valence electrons. The molecule has 0 aromatic carbocycles. The number of aryl methyl sites for hydroxylation is 1. The van der Waals surface area contributed by atoms with Gasteiger partial charge in [-0.1, -0.05) is 0 Å². The van der Waals surface area contributed by atoms with E-state index in [2.05, 4.69) is 14.9 Å². The Morgan fingerprint density at radius 2 is 2.21 bits per heavy atom. The smallest absolute Gasteiger partial charge is 0.214 e. The molecule has 1 rings (SSSR count). The Hall–Kier alpha value is -0.880. The minimum Gasteiger partial charge on any atom is -0.283 e. The number of rotatable bonds is 4. The lowest BCUT2D eigenvalue weighted by molar-refractivity contribution is 0.572. The van der Waals surface area contributed by atoms with Crippen LogP contribution in [0.4, 0.5) is 0 Å². The quantitative estimate of drug-likeness (QED) is 0.773. The van der Waals surface area contributed by atoms with Crippen LogP contribution in [0.5, 0.6) is 0 Å². The highest BCUT2D eigenvalue weighted by atomic mass is 32.2. The fraction of sp³-hybridized carbons (Fsp3) is 0.625. The second-order valence-corrected chi connectivity index (χ2v) is 5.76. The first kappa shape index (κ1) is 11.2. The van der Waals surface area contributed by atoms with Crippen molar-refractivity contribution in [3.05, 3.63) is 17.5 Å². The van der Waals surface area contributed by atoms with E-state index in [9.17, 15) is 8.42 Å². The van der Waals surface area contributed by atoms with Crippen LogP contribution in [-0.4, -0.2) is 23.9 Å². The number of aromatic amines is 1. The number of H-pyrrole nitrogens is 1. The van der Waals surface area contributed by atoms with Gasteiger partial charge in [-0.25, -0.2) is 13.1 Å². The fourth-order valence-corrected chi connectivity index (χ4v) is 1.59. The molecule has 0 saturated heterocycles. The van der Waals surface area contributed by atoms with Crippen molar-refractivity contribution in [1.82, 2.24) is 14.9 Å². The van der Waals surface area contributed by atoms with Crippen molar-refractivity contribution in [2.45, 2.75) is 32.6 Å². The van der Waals surface area contributed by atoms with Gasteiger partial charge in [0.1, 0.15) is 0 Å². The van der Waals surface area contributed by atoms with Gasteiger partial charge in [-0.15, -0.1) is 0 Å². The molecule has 5 nitrogen and oxygen atoms in total. The van der Waals surface area contributed by atoms with E-state index in [0.717, 1.165) is 11.3 Å². The summed E-state index contributed by atoms with van der Waals surface area (Å²) in [6.07, 6.45) is 1.62. The van der Waals surface area contributed by atoms with Crippen molar-refractivity contribution in [2.75, 3.05) is 0 Å². The zero-order valence-electron chi connectivity index (χ0n) is 8.53. The van der Waals surface area contributed by atoms with Crippen molar-refractivity contribution < 1.29 is 8.42 Å². The van der Waals surface area contributed by atoms with Gasteiger partial charge in [-0.2, -0.15) is 5.10 Å². The number of nitrogens with zero attached hydrogens (tertiary/aromatic N) is 1. The van der Waals surface area contributed by atoms with Gasteiger partial charge in [0.15, 0.2) is 0 Å². The first-order valence-electron chi connectivity index (χ1n) is 4.41. The zero-order valence-corrected chi connectivity index (χ0v) is 9.35. The largest absolute Gasteiger partial charge is 0.283 e. The average molecular weight is 217 g/mol. The van der Waals surface area contributed by atoms with E-state index in [1.165, 1.54) is 0 Å². The molecule has 0 aliphatic heterocycles. The van der Waals surface area contributed by atoms with Gasteiger partial charge in [0.2, 0.25) is 10.0 Å². The first-order valence-corrected chi connectivity index (χ1v) is 5.95. The van der Waals surface area contributed by atoms with Gasteiger partial charge in [-0.05, 0) is 20.8 Å². The van der Waals surface area contributed by atoms with Crippen LogP contribution in [0.15, 0.2) is 6.20 Å². The van der Waals surface area contributed by atoms with Crippen molar-refractivity contribution in [3.8, 4) is 0 Å². The van der Waals surface area contributed by atoms with Gasteiger partial charge in [0, 0.05) is 17.8 Å². The number of nitrogens with one attached hydrogen (secondary N) is 2. The molecule has 1 heterocycles. The predicted molar refractivity (Wildman–Crippen MR) is 54.2 cm³/mol. The number of aromatic nitrogens is 2. The van der Waals surface area contributed by atoms with Crippen LogP contribution in [0.25, 0.3) is 0 Å². The number of hydrogen-bond donors (Lipinski definition) is 2. The van der Waals surface area contributed by atoms with Crippen molar-refractivity contribution in [2.24, 2.45) is 0 Å². The number of sulfonamides is 1. The highest BCUT2D eigenvalue weighted by Crippen LogP contribution is 2.04. The summed E-state index contributed by atoms with van der Waals surface area (Å²) >= 11 is 0. The second kappa shape index (κ2) is 4.10. The molecule has 14 heavy (non-hydrogen) atoms. The summed E-state index contributed by atoms with van der Waals surface area (Å²) in [6.45, 7) is 5.43. The standard InChI is InChI=1S/C8H15N3O2S/c1-6(2)14(12,13)10-5-8-4-9-11-7(8)3/h4,6,10H,5H2,1-3H3,(H,9,11). The molecule has 0 unspecified atom stereocenters. The zero-order chi connectivity index (χ0) is 10.8. The van der Waals surface area contributed by atoms with Crippen LogP contribution >= 0.6 is 0 Å². The van der Waals surface area contributed by atoms with Crippen LogP contribution < -0.4 is 4.72 Å². The van der Waals surface area contributed by atoms with Crippen LogP contribution in [0, 0.1) is 6.92 Å². The molecule has 0 saturated carbocycles. The molecule has 0 spiro atoms. The van der Waals surface area contributed by atoms with Gasteiger partial charge in [0.25, 0.3) is 0 Å². The van der Waals surface area contributed by atoms with E-state index in [4.69, 9.17) is 0 Å². The van der Waals surface area contributed by atoms with Gasteiger partial charge < -0.3 is 0 Å². The van der Waals surface area contributed by atoms with E-state index >= 15 is 0 Å². The normalized spacial score (nSPS) is 12.3. The summed E-state index contributed by atoms with van der Waals surface area (Å²) in [5.41, 5.74) is 1.76. The lowest BCUT2D eigenvalue weighted by atomic mass is 10.3. The first-order chi connectivity index (χ1) is 6.43. The summed E-state index contributed by atoms with van der Waals surface area (Å²) in [5.74, 6) is 0. The maximum atomic E-state index is 11.4. The highest BCUT2D eigenvalue weighted by Gasteiger charge is 2.15. The van der Waals surface area contributed by atoms with Gasteiger partial charge >= 0.3 is 0 Å². The van der Waals surface area contributed by atoms with E-state index in [-0.39, 0.29) is 0 Å². The van der Waals surface area contributed by atoms with E-state index < -0.39 is 15.3 Å². The molecule has 0 bridgehead atoms. The summed E-state index contributed by atoms with van der Waals surface area (Å²) in [7, 11) is -3.18. The summed E-state index contributed by atoms with van der Waals surface area (Å²) in [4.78, 5) is 0. The molecule has 1 aromatic heterocycles. The topological polar surface area (TPSA) is 74.8 Å². The third kappa shape index (κ3) is 2.55. The molecule has 2 N–H and O–H groups in total. The molecular weight excluding hydrogens is 202 g/mol. The minimum atomic E-state index is -3.18. The molecule has 0 aliphatic rings.